The van der Waals surface area contributed by atoms with E-state index in [0.717, 1.165) is 6.42 Å². The molecule has 0 bridgehead atoms. The van der Waals surface area contributed by atoms with Crippen molar-refractivity contribution in [3.63, 3.8) is 0 Å². The Morgan fingerprint density at radius 2 is 1.81 bits per heavy atom. The van der Waals surface area contributed by atoms with Crippen LogP contribution in [-0.2, 0) is 4.79 Å². The van der Waals surface area contributed by atoms with Gasteiger partial charge in [-0.1, -0.05) is 27.7 Å². The molecular weight excluding hydrogens is 204 g/mol. The average Bonchev–Trinajstić information content (AvgIpc) is 2.20. The highest BCUT2D eigenvalue weighted by Crippen LogP contribution is 2.03. The number of carbonyl (C=O) groups excluding carboxylic acids is 1. The fourth-order valence-electron chi connectivity index (χ4n) is 1.41. The van der Waals surface area contributed by atoms with Crippen LogP contribution in [0.15, 0.2) is 0 Å². The molecule has 1 unspecified atom stereocenters. The van der Waals surface area contributed by atoms with E-state index in [2.05, 4.69) is 38.3 Å². The molecule has 0 radical (unpaired) electrons. The third kappa shape index (κ3) is 8.68. The third-order valence-electron chi connectivity index (χ3n) is 2.24. The number of amides is 1. The summed E-state index contributed by atoms with van der Waals surface area (Å²) < 4.78 is 0. The minimum Gasteiger partial charge on any atom is -0.395 e. The molecular formula is C12H26N2O2. The Labute approximate surface area is 98.8 Å². The lowest BCUT2D eigenvalue weighted by molar-refractivity contribution is -0.120. The second kappa shape index (κ2) is 8.53. The highest BCUT2D eigenvalue weighted by atomic mass is 16.3. The van der Waals surface area contributed by atoms with Crippen LogP contribution in [0.4, 0.5) is 0 Å². The van der Waals surface area contributed by atoms with Crippen molar-refractivity contribution in [3.05, 3.63) is 0 Å². The molecule has 0 aliphatic rings. The van der Waals surface area contributed by atoms with Gasteiger partial charge in [0.1, 0.15) is 0 Å². The second-order valence-corrected chi connectivity index (χ2v) is 5.09. The first kappa shape index (κ1) is 15.4. The molecule has 16 heavy (non-hydrogen) atoms. The summed E-state index contributed by atoms with van der Waals surface area (Å²) in [5, 5.41) is 15.0. The maximum absolute atomic E-state index is 11.4. The summed E-state index contributed by atoms with van der Waals surface area (Å²) in [7, 11) is 0. The van der Waals surface area contributed by atoms with E-state index in [4.69, 9.17) is 5.11 Å². The van der Waals surface area contributed by atoms with Crippen molar-refractivity contribution in [2.24, 2.45) is 11.8 Å². The van der Waals surface area contributed by atoms with Crippen molar-refractivity contribution < 1.29 is 9.90 Å². The van der Waals surface area contributed by atoms with Gasteiger partial charge in [-0.3, -0.25) is 4.79 Å². The Bertz CT molecular complexity index is 193. The van der Waals surface area contributed by atoms with Crippen molar-refractivity contribution in [3.8, 4) is 0 Å². The van der Waals surface area contributed by atoms with Gasteiger partial charge in [0, 0.05) is 12.6 Å². The van der Waals surface area contributed by atoms with Crippen molar-refractivity contribution in [1.82, 2.24) is 10.6 Å². The number of nitrogens with one attached hydrogen (secondary N) is 2. The van der Waals surface area contributed by atoms with Crippen molar-refractivity contribution >= 4 is 5.91 Å². The molecule has 0 heterocycles. The quantitative estimate of drug-likeness (QED) is 0.577. The third-order valence-corrected chi connectivity index (χ3v) is 2.24. The Morgan fingerprint density at radius 3 is 2.25 bits per heavy atom. The lowest BCUT2D eigenvalue weighted by Gasteiger charge is -2.18. The first-order valence-corrected chi connectivity index (χ1v) is 6.06. The number of rotatable bonds is 8. The highest BCUT2D eigenvalue weighted by molar-refractivity contribution is 5.77. The van der Waals surface area contributed by atoms with Gasteiger partial charge in [-0.15, -0.1) is 0 Å². The summed E-state index contributed by atoms with van der Waals surface area (Å²) in [6.07, 6.45) is 0.883. The topological polar surface area (TPSA) is 61.4 Å². The van der Waals surface area contributed by atoms with Crippen LogP contribution >= 0.6 is 0 Å². The standard InChI is InChI=1S/C12H26N2O2/c1-9(2)5-11(8-15)13-7-12(16)14-6-10(3)4/h9-11,13,15H,5-8H2,1-4H3,(H,14,16). The predicted molar refractivity (Wildman–Crippen MR) is 66.2 cm³/mol. The van der Waals surface area contributed by atoms with E-state index in [1.807, 2.05) is 0 Å². The predicted octanol–water partition coefficient (Wildman–Crippen LogP) is 0.755. The van der Waals surface area contributed by atoms with Crippen LogP contribution in [0.3, 0.4) is 0 Å². The second-order valence-electron chi connectivity index (χ2n) is 5.09. The van der Waals surface area contributed by atoms with E-state index >= 15 is 0 Å². The molecule has 0 aromatic carbocycles. The fourth-order valence-corrected chi connectivity index (χ4v) is 1.41. The lowest BCUT2D eigenvalue weighted by atomic mass is 10.0. The van der Waals surface area contributed by atoms with Gasteiger partial charge in [0.15, 0.2) is 0 Å². The summed E-state index contributed by atoms with van der Waals surface area (Å²) in [4.78, 5) is 11.4. The Balaban J connectivity index is 3.70. The van der Waals surface area contributed by atoms with Crippen molar-refractivity contribution in [1.29, 1.82) is 0 Å². The fraction of sp³-hybridized carbons (Fsp3) is 0.917. The zero-order chi connectivity index (χ0) is 12.6. The summed E-state index contributed by atoms with van der Waals surface area (Å²) >= 11 is 0. The normalized spacial score (nSPS) is 13.2. The number of aliphatic hydroxyl groups is 1. The molecule has 4 nitrogen and oxygen atoms in total. The zero-order valence-electron chi connectivity index (χ0n) is 10.9. The molecule has 96 valence electrons. The van der Waals surface area contributed by atoms with E-state index in [-0.39, 0.29) is 25.1 Å². The van der Waals surface area contributed by atoms with E-state index in [0.29, 0.717) is 18.4 Å². The molecule has 3 N–H and O–H groups in total. The van der Waals surface area contributed by atoms with Crippen LogP contribution in [0.1, 0.15) is 34.1 Å². The molecule has 0 spiro atoms. The first-order chi connectivity index (χ1) is 7.45. The number of carbonyl (C=O) groups is 1. The number of hydrogen-bond acceptors (Lipinski definition) is 3. The molecule has 0 saturated heterocycles. The minimum absolute atomic E-state index is 0.00379. The summed E-state index contributed by atoms with van der Waals surface area (Å²) in [6, 6.07) is 0.0183. The first-order valence-electron chi connectivity index (χ1n) is 6.06. The monoisotopic (exact) mass is 230 g/mol. The molecule has 0 fully saturated rings. The van der Waals surface area contributed by atoms with Crippen LogP contribution in [0, 0.1) is 11.8 Å². The molecule has 4 heteroatoms. The van der Waals surface area contributed by atoms with Crippen LogP contribution in [0.2, 0.25) is 0 Å². The SMILES string of the molecule is CC(C)CNC(=O)CNC(CO)CC(C)C. The van der Waals surface area contributed by atoms with Crippen LogP contribution in [0.25, 0.3) is 0 Å². The van der Waals surface area contributed by atoms with Crippen LogP contribution < -0.4 is 10.6 Å². The van der Waals surface area contributed by atoms with Gasteiger partial charge in [-0.05, 0) is 18.3 Å². The van der Waals surface area contributed by atoms with Crippen LogP contribution in [-0.4, -0.2) is 36.8 Å². The van der Waals surface area contributed by atoms with Gasteiger partial charge in [-0.2, -0.15) is 0 Å². The summed E-state index contributed by atoms with van der Waals surface area (Å²) in [5.41, 5.74) is 0. The summed E-state index contributed by atoms with van der Waals surface area (Å²) in [6.45, 7) is 9.38. The molecule has 1 atom stereocenters. The minimum atomic E-state index is -0.00379. The lowest BCUT2D eigenvalue weighted by Crippen LogP contribution is -2.42. The number of hydrogen-bond donors (Lipinski definition) is 3. The highest BCUT2D eigenvalue weighted by Gasteiger charge is 2.10. The van der Waals surface area contributed by atoms with E-state index in [1.54, 1.807) is 0 Å². The van der Waals surface area contributed by atoms with Gasteiger partial charge in [0.2, 0.25) is 5.91 Å². The Morgan fingerprint density at radius 1 is 1.19 bits per heavy atom. The molecule has 0 aromatic heterocycles. The summed E-state index contributed by atoms with van der Waals surface area (Å²) in [5.74, 6) is 0.979. The molecule has 0 aliphatic carbocycles. The average molecular weight is 230 g/mol. The zero-order valence-corrected chi connectivity index (χ0v) is 10.9. The van der Waals surface area contributed by atoms with Gasteiger partial charge in [-0.25, -0.2) is 0 Å². The largest absolute Gasteiger partial charge is 0.395 e. The van der Waals surface area contributed by atoms with Gasteiger partial charge >= 0.3 is 0 Å². The number of aliphatic hydroxyl groups excluding tert-OH is 1. The molecule has 0 saturated carbocycles. The molecule has 0 rings (SSSR count). The smallest absolute Gasteiger partial charge is 0.233 e. The molecule has 0 aromatic rings. The van der Waals surface area contributed by atoms with E-state index in [9.17, 15) is 4.79 Å². The maximum atomic E-state index is 11.4. The Hall–Kier alpha value is -0.610. The van der Waals surface area contributed by atoms with Gasteiger partial charge < -0.3 is 15.7 Å². The van der Waals surface area contributed by atoms with Gasteiger partial charge in [0.05, 0.1) is 13.2 Å². The van der Waals surface area contributed by atoms with Crippen molar-refractivity contribution in [2.45, 2.75) is 40.2 Å². The van der Waals surface area contributed by atoms with Crippen LogP contribution in [0.5, 0.6) is 0 Å². The van der Waals surface area contributed by atoms with E-state index in [1.165, 1.54) is 0 Å². The maximum Gasteiger partial charge on any atom is 0.233 e. The van der Waals surface area contributed by atoms with Gasteiger partial charge in [0.25, 0.3) is 0 Å². The van der Waals surface area contributed by atoms with E-state index < -0.39 is 0 Å². The molecule has 1 amide bonds. The molecule has 0 aliphatic heterocycles. The van der Waals surface area contributed by atoms with Crippen molar-refractivity contribution in [2.75, 3.05) is 19.7 Å². The Kier molecular flexibility index (Phi) is 8.21.